The highest BCUT2D eigenvalue weighted by Crippen LogP contribution is 2.20. The quantitative estimate of drug-likeness (QED) is 0.686. The Balaban J connectivity index is 2.34. The molecule has 0 aromatic rings. The van der Waals surface area contributed by atoms with Gasteiger partial charge in [-0.25, -0.2) is 0 Å². The molecule has 17 heavy (non-hydrogen) atoms. The maximum Gasteiger partial charge on any atom is 0.00818 e. The zero-order chi connectivity index (χ0) is 12.7. The van der Waals surface area contributed by atoms with Crippen molar-refractivity contribution in [3.8, 4) is 0 Å². The average Bonchev–Trinajstić information content (AvgIpc) is 2.30. The standard InChI is InChI=1S/C15H30N2/c1-5-8-13(3)16-14(4)15-9-7-11-17(12-15)10-6-2/h5,13-16H,1,6-12H2,2-4H3. The van der Waals surface area contributed by atoms with Crippen molar-refractivity contribution in [3.05, 3.63) is 12.7 Å². The molecule has 0 amide bonds. The summed E-state index contributed by atoms with van der Waals surface area (Å²) in [5, 5.41) is 3.72. The fourth-order valence-electron chi connectivity index (χ4n) is 2.92. The zero-order valence-corrected chi connectivity index (χ0v) is 11.9. The summed E-state index contributed by atoms with van der Waals surface area (Å²) in [6, 6.07) is 1.19. The van der Waals surface area contributed by atoms with Crippen molar-refractivity contribution < 1.29 is 0 Å². The normalized spacial score (nSPS) is 25.5. The van der Waals surface area contributed by atoms with Gasteiger partial charge in [-0.2, -0.15) is 0 Å². The van der Waals surface area contributed by atoms with Gasteiger partial charge in [0.15, 0.2) is 0 Å². The molecule has 0 spiro atoms. The number of likely N-dealkylation sites (tertiary alicyclic amines) is 1. The SMILES string of the molecule is C=CCC(C)NC(C)C1CCCN(CCC)C1. The van der Waals surface area contributed by atoms with E-state index in [0.29, 0.717) is 12.1 Å². The number of hydrogen-bond acceptors (Lipinski definition) is 2. The van der Waals surface area contributed by atoms with Gasteiger partial charge in [0.2, 0.25) is 0 Å². The molecule has 2 nitrogen and oxygen atoms in total. The van der Waals surface area contributed by atoms with Crippen LogP contribution in [-0.4, -0.2) is 36.6 Å². The van der Waals surface area contributed by atoms with Crippen molar-refractivity contribution in [1.29, 1.82) is 0 Å². The topological polar surface area (TPSA) is 15.3 Å². The molecule has 1 rings (SSSR count). The summed E-state index contributed by atoms with van der Waals surface area (Å²) in [5.41, 5.74) is 0. The number of rotatable bonds is 7. The Morgan fingerprint density at radius 1 is 1.47 bits per heavy atom. The fourth-order valence-corrected chi connectivity index (χ4v) is 2.92. The Morgan fingerprint density at radius 2 is 2.24 bits per heavy atom. The van der Waals surface area contributed by atoms with E-state index < -0.39 is 0 Å². The molecule has 2 heteroatoms. The van der Waals surface area contributed by atoms with Crippen molar-refractivity contribution in [2.75, 3.05) is 19.6 Å². The number of nitrogens with zero attached hydrogens (tertiary/aromatic N) is 1. The second-order valence-corrected chi connectivity index (χ2v) is 5.58. The lowest BCUT2D eigenvalue weighted by atomic mass is 9.91. The van der Waals surface area contributed by atoms with Crippen LogP contribution in [0.3, 0.4) is 0 Å². The molecule has 3 unspecified atom stereocenters. The molecule has 0 aromatic heterocycles. The van der Waals surface area contributed by atoms with Crippen LogP contribution >= 0.6 is 0 Å². The van der Waals surface area contributed by atoms with E-state index in [4.69, 9.17) is 0 Å². The molecule has 100 valence electrons. The smallest absolute Gasteiger partial charge is 0.00818 e. The molecule has 1 fully saturated rings. The van der Waals surface area contributed by atoms with Crippen molar-refractivity contribution >= 4 is 0 Å². The molecule has 0 aromatic carbocycles. The third kappa shape index (κ3) is 5.22. The van der Waals surface area contributed by atoms with Crippen molar-refractivity contribution in [1.82, 2.24) is 10.2 Å². The van der Waals surface area contributed by atoms with Crippen LogP contribution in [0.2, 0.25) is 0 Å². The summed E-state index contributed by atoms with van der Waals surface area (Å²) < 4.78 is 0. The molecule has 1 saturated heterocycles. The summed E-state index contributed by atoms with van der Waals surface area (Å²) in [6.07, 6.45) is 7.10. The molecule has 1 aliphatic rings. The van der Waals surface area contributed by atoms with Gasteiger partial charge in [0, 0.05) is 18.6 Å². The van der Waals surface area contributed by atoms with Crippen LogP contribution in [0.5, 0.6) is 0 Å². The van der Waals surface area contributed by atoms with Gasteiger partial charge < -0.3 is 10.2 Å². The van der Waals surface area contributed by atoms with Gasteiger partial charge in [0.1, 0.15) is 0 Å². The number of piperidine rings is 1. The van der Waals surface area contributed by atoms with Gasteiger partial charge in [-0.1, -0.05) is 13.0 Å². The van der Waals surface area contributed by atoms with Crippen LogP contribution < -0.4 is 5.32 Å². The van der Waals surface area contributed by atoms with Crippen LogP contribution in [0, 0.1) is 5.92 Å². The maximum atomic E-state index is 3.81. The van der Waals surface area contributed by atoms with Gasteiger partial charge in [0.05, 0.1) is 0 Å². The summed E-state index contributed by atoms with van der Waals surface area (Å²) in [4.78, 5) is 2.63. The molecule has 3 atom stereocenters. The Hall–Kier alpha value is -0.340. The second-order valence-electron chi connectivity index (χ2n) is 5.58. The van der Waals surface area contributed by atoms with Gasteiger partial charge in [-0.05, 0) is 58.5 Å². The average molecular weight is 238 g/mol. The first-order valence-electron chi connectivity index (χ1n) is 7.26. The zero-order valence-electron chi connectivity index (χ0n) is 11.9. The van der Waals surface area contributed by atoms with Gasteiger partial charge >= 0.3 is 0 Å². The molecule has 1 heterocycles. The first kappa shape index (κ1) is 14.7. The van der Waals surface area contributed by atoms with E-state index in [1.807, 2.05) is 6.08 Å². The summed E-state index contributed by atoms with van der Waals surface area (Å²) in [5.74, 6) is 0.822. The van der Waals surface area contributed by atoms with Crippen LogP contribution in [0.4, 0.5) is 0 Å². The number of nitrogens with one attached hydrogen (secondary N) is 1. The molecule has 1 N–H and O–H groups in total. The highest BCUT2D eigenvalue weighted by atomic mass is 15.1. The lowest BCUT2D eigenvalue weighted by Gasteiger charge is -2.37. The van der Waals surface area contributed by atoms with E-state index in [1.54, 1.807) is 0 Å². The van der Waals surface area contributed by atoms with E-state index >= 15 is 0 Å². The highest BCUT2D eigenvalue weighted by Gasteiger charge is 2.24. The Labute approximate surface area is 107 Å². The van der Waals surface area contributed by atoms with E-state index in [9.17, 15) is 0 Å². The minimum atomic E-state index is 0.559. The second kappa shape index (κ2) is 7.88. The molecule has 1 aliphatic heterocycles. The van der Waals surface area contributed by atoms with Crippen LogP contribution in [-0.2, 0) is 0 Å². The summed E-state index contributed by atoms with van der Waals surface area (Å²) in [6.45, 7) is 14.5. The maximum absolute atomic E-state index is 3.81. The molecule has 0 aliphatic carbocycles. The molecule has 0 bridgehead atoms. The van der Waals surface area contributed by atoms with E-state index in [2.05, 4.69) is 37.6 Å². The van der Waals surface area contributed by atoms with Crippen molar-refractivity contribution in [3.63, 3.8) is 0 Å². The predicted octanol–water partition coefficient (Wildman–Crippen LogP) is 3.05. The van der Waals surface area contributed by atoms with Crippen molar-refractivity contribution in [2.45, 2.75) is 58.5 Å². The van der Waals surface area contributed by atoms with E-state index in [0.717, 1.165) is 12.3 Å². The van der Waals surface area contributed by atoms with Gasteiger partial charge in [-0.3, -0.25) is 0 Å². The minimum Gasteiger partial charge on any atom is -0.311 e. The fraction of sp³-hybridized carbons (Fsp3) is 0.867. The lowest BCUT2D eigenvalue weighted by molar-refractivity contribution is 0.147. The molecule has 0 radical (unpaired) electrons. The van der Waals surface area contributed by atoms with E-state index in [1.165, 1.54) is 38.9 Å². The van der Waals surface area contributed by atoms with Crippen LogP contribution in [0.15, 0.2) is 12.7 Å². The van der Waals surface area contributed by atoms with Crippen LogP contribution in [0.25, 0.3) is 0 Å². The Morgan fingerprint density at radius 3 is 2.88 bits per heavy atom. The Bertz CT molecular complexity index is 213. The minimum absolute atomic E-state index is 0.559. The molecular weight excluding hydrogens is 208 g/mol. The largest absolute Gasteiger partial charge is 0.311 e. The third-order valence-electron chi connectivity index (χ3n) is 3.86. The summed E-state index contributed by atoms with van der Waals surface area (Å²) in [7, 11) is 0. The predicted molar refractivity (Wildman–Crippen MR) is 76.3 cm³/mol. The molecular formula is C15H30N2. The van der Waals surface area contributed by atoms with Gasteiger partial charge in [-0.15, -0.1) is 6.58 Å². The number of hydrogen-bond donors (Lipinski definition) is 1. The van der Waals surface area contributed by atoms with Crippen LogP contribution in [0.1, 0.15) is 46.5 Å². The molecule has 0 saturated carbocycles. The first-order valence-corrected chi connectivity index (χ1v) is 7.26. The first-order chi connectivity index (χ1) is 8.17. The van der Waals surface area contributed by atoms with Gasteiger partial charge in [0.25, 0.3) is 0 Å². The van der Waals surface area contributed by atoms with Crippen molar-refractivity contribution in [2.24, 2.45) is 5.92 Å². The van der Waals surface area contributed by atoms with E-state index in [-0.39, 0.29) is 0 Å². The summed E-state index contributed by atoms with van der Waals surface area (Å²) >= 11 is 0. The highest BCUT2D eigenvalue weighted by molar-refractivity contribution is 4.83. The lowest BCUT2D eigenvalue weighted by Crippen LogP contribution is -2.46. The monoisotopic (exact) mass is 238 g/mol. The third-order valence-corrected chi connectivity index (χ3v) is 3.86. The Kier molecular flexibility index (Phi) is 6.83.